The Kier molecular flexibility index (Phi) is 3.96. The van der Waals surface area contributed by atoms with Crippen LogP contribution in [0.1, 0.15) is 23.5 Å². The molecule has 0 aliphatic rings. The molecule has 0 radical (unpaired) electrons. The molecule has 6 nitrogen and oxygen atoms in total. The van der Waals surface area contributed by atoms with Gasteiger partial charge in [0.2, 0.25) is 0 Å². The molecule has 0 amide bonds. The standard InChI is InChI=1S/C12H15N5OS/c1-8(9-4-3-7-19-9)17(2)12-10(11(13)16-18)14-5-6-15-12/h3-8,18H,1-2H3,(H2,13,16). The first kappa shape index (κ1) is 13.3. The molecular formula is C12H15N5OS. The highest BCUT2D eigenvalue weighted by molar-refractivity contribution is 7.10. The first-order chi connectivity index (χ1) is 9.15. The highest BCUT2D eigenvalue weighted by Crippen LogP contribution is 2.28. The fourth-order valence-corrected chi connectivity index (χ4v) is 2.55. The quantitative estimate of drug-likeness (QED) is 0.385. The van der Waals surface area contributed by atoms with Crippen LogP contribution < -0.4 is 10.6 Å². The molecule has 2 aromatic rings. The molecule has 0 aromatic carbocycles. The van der Waals surface area contributed by atoms with E-state index in [2.05, 4.69) is 28.1 Å². The second kappa shape index (κ2) is 5.66. The van der Waals surface area contributed by atoms with Crippen LogP contribution in [0.3, 0.4) is 0 Å². The number of oxime groups is 1. The van der Waals surface area contributed by atoms with Crippen LogP contribution in [-0.2, 0) is 0 Å². The molecule has 2 heterocycles. The lowest BCUT2D eigenvalue weighted by Crippen LogP contribution is -2.27. The van der Waals surface area contributed by atoms with Gasteiger partial charge in [0.1, 0.15) is 0 Å². The third-order valence-corrected chi connectivity index (χ3v) is 3.94. The lowest BCUT2D eigenvalue weighted by Gasteiger charge is -2.26. The van der Waals surface area contributed by atoms with E-state index < -0.39 is 0 Å². The van der Waals surface area contributed by atoms with E-state index in [1.807, 2.05) is 23.4 Å². The van der Waals surface area contributed by atoms with Gasteiger partial charge in [-0.1, -0.05) is 11.2 Å². The second-order valence-electron chi connectivity index (χ2n) is 4.02. The summed E-state index contributed by atoms with van der Waals surface area (Å²) in [4.78, 5) is 11.6. The third kappa shape index (κ3) is 2.65. The summed E-state index contributed by atoms with van der Waals surface area (Å²) in [5.41, 5.74) is 6.00. The average molecular weight is 277 g/mol. The number of anilines is 1. The normalized spacial score (nSPS) is 13.3. The second-order valence-corrected chi connectivity index (χ2v) is 5.00. The maximum Gasteiger partial charge on any atom is 0.192 e. The molecule has 0 saturated heterocycles. The molecule has 1 atom stereocenters. The van der Waals surface area contributed by atoms with Crippen LogP contribution in [0.2, 0.25) is 0 Å². The number of hydrogen-bond donors (Lipinski definition) is 2. The van der Waals surface area contributed by atoms with Gasteiger partial charge in [-0.15, -0.1) is 11.3 Å². The van der Waals surface area contributed by atoms with Crippen LogP contribution in [0, 0.1) is 0 Å². The van der Waals surface area contributed by atoms with Crippen molar-refractivity contribution in [3.63, 3.8) is 0 Å². The van der Waals surface area contributed by atoms with Crippen molar-refractivity contribution in [1.29, 1.82) is 0 Å². The minimum atomic E-state index is -0.0478. The molecule has 0 fully saturated rings. The van der Waals surface area contributed by atoms with E-state index in [4.69, 9.17) is 10.9 Å². The Bertz CT molecular complexity index is 569. The Hall–Kier alpha value is -2.15. The van der Waals surface area contributed by atoms with Gasteiger partial charge in [0.15, 0.2) is 17.3 Å². The molecule has 0 aliphatic heterocycles. The number of hydrogen-bond acceptors (Lipinski definition) is 6. The van der Waals surface area contributed by atoms with Gasteiger partial charge in [0.05, 0.1) is 6.04 Å². The summed E-state index contributed by atoms with van der Waals surface area (Å²) in [7, 11) is 1.91. The summed E-state index contributed by atoms with van der Waals surface area (Å²) in [6.07, 6.45) is 3.10. The van der Waals surface area contributed by atoms with Crippen LogP contribution in [0.4, 0.5) is 5.82 Å². The number of amidine groups is 1. The van der Waals surface area contributed by atoms with Gasteiger partial charge in [-0.3, -0.25) is 0 Å². The Morgan fingerprint density at radius 2 is 2.21 bits per heavy atom. The molecule has 0 bridgehead atoms. The van der Waals surface area contributed by atoms with Crippen LogP contribution in [-0.4, -0.2) is 28.1 Å². The first-order valence-electron chi connectivity index (χ1n) is 5.70. The minimum Gasteiger partial charge on any atom is -0.409 e. The van der Waals surface area contributed by atoms with E-state index in [1.165, 1.54) is 11.1 Å². The molecule has 100 valence electrons. The summed E-state index contributed by atoms with van der Waals surface area (Å²) in [5, 5.41) is 13.8. The Balaban J connectivity index is 2.36. The van der Waals surface area contributed by atoms with Gasteiger partial charge in [0.25, 0.3) is 0 Å². The van der Waals surface area contributed by atoms with Crippen LogP contribution in [0.15, 0.2) is 35.1 Å². The van der Waals surface area contributed by atoms with Gasteiger partial charge in [-0.05, 0) is 18.4 Å². The zero-order valence-corrected chi connectivity index (χ0v) is 11.5. The van der Waals surface area contributed by atoms with Gasteiger partial charge >= 0.3 is 0 Å². The van der Waals surface area contributed by atoms with E-state index in [0.29, 0.717) is 11.5 Å². The van der Waals surface area contributed by atoms with Crippen LogP contribution in [0.5, 0.6) is 0 Å². The Morgan fingerprint density at radius 1 is 1.47 bits per heavy atom. The third-order valence-electron chi connectivity index (χ3n) is 2.90. The van der Waals surface area contributed by atoms with Crippen molar-refractivity contribution >= 4 is 23.0 Å². The van der Waals surface area contributed by atoms with Gasteiger partial charge in [0, 0.05) is 24.3 Å². The molecule has 2 rings (SSSR count). The average Bonchev–Trinajstić information content (AvgIpc) is 2.99. The predicted octanol–water partition coefficient (Wildman–Crippen LogP) is 1.83. The van der Waals surface area contributed by atoms with Crippen molar-refractivity contribution in [2.75, 3.05) is 11.9 Å². The van der Waals surface area contributed by atoms with Gasteiger partial charge in [-0.25, -0.2) is 9.97 Å². The molecule has 0 saturated carbocycles. The monoisotopic (exact) mass is 277 g/mol. The first-order valence-corrected chi connectivity index (χ1v) is 6.58. The molecule has 2 aromatic heterocycles. The summed E-state index contributed by atoms with van der Waals surface area (Å²) in [6.45, 7) is 2.07. The highest BCUT2D eigenvalue weighted by Gasteiger charge is 2.19. The number of nitrogens with two attached hydrogens (primary N) is 1. The Morgan fingerprint density at radius 3 is 2.84 bits per heavy atom. The summed E-state index contributed by atoms with van der Waals surface area (Å²) in [5.74, 6) is 0.534. The molecule has 1 unspecified atom stereocenters. The minimum absolute atomic E-state index is 0.0478. The van der Waals surface area contributed by atoms with Crippen molar-refractivity contribution in [2.45, 2.75) is 13.0 Å². The van der Waals surface area contributed by atoms with Crippen molar-refractivity contribution in [3.8, 4) is 0 Å². The van der Waals surface area contributed by atoms with Gasteiger partial charge < -0.3 is 15.8 Å². The van der Waals surface area contributed by atoms with Crippen molar-refractivity contribution < 1.29 is 5.21 Å². The topological polar surface area (TPSA) is 87.6 Å². The van der Waals surface area contributed by atoms with Crippen LogP contribution >= 0.6 is 11.3 Å². The van der Waals surface area contributed by atoms with Crippen molar-refractivity contribution in [1.82, 2.24) is 9.97 Å². The molecule has 3 N–H and O–H groups in total. The zero-order valence-electron chi connectivity index (χ0n) is 10.7. The summed E-state index contributed by atoms with van der Waals surface area (Å²) >= 11 is 1.67. The van der Waals surface area contributed by atoms with E-state index >= 15 is 0 Å². The highest BCUT2D eigenvalue weighted by atomic mass is 32.1. The number of thiophene rings is 1. The number of rotatable bonds is 4. The fourth-order valence-electron chi connectivity index (χ4n) is 1.72. The maximum atomic E-state index is 8.80. The molecular weight excluding hydrogens is 262 g/mol. The van der Waals surface area contributed by atoms with E-state index in [-0.39, 0.29) is 11.9 Å². The molecule has 0 spiro atoms. The molecule has 19 heavy (non-hydrogen) atoms. The lowest BCUT2D eigenvalue weighted by molar-refractivity contribution is 0.318. The zero-order chi connectivity index (χ0) is 13.8. The smallest absolute Gasteiger partial charge is 0.192 e. The van der Waals surface area contributed by atoms with E-state index in [9.17, 15) is 0 Å². The van der Waals surface area contributed by atoms with E-state index in [0.717, 1.165) is 0 Å². The fraction of sp³-hybridized carbons (Fsp3) is 0.250. The number of nitrogens with zero attached hydrogens (tertiary/aromatic N) is 4. The molecule has 0 aliphatic carbocycles. The van der Waals surface area contributed by atoms with Crippen molar-refractivity contribution in [3.05, 3.63) is 40.5 Å². The SMILES string of the molecule is CC(c1cccs1)N(C)c1nccnc1/C(N)=N/O. The molecule has 7 heteroatoms. The maximum absolute atomic E-state index is 8.80. The summed E-state index contributed by atoms with van der Waals surface area (Å²) in [6, 6.07) is 4.19. The predicted molar refractivity (Wildman–Crippen MR) is 75.7 cm³/mol. The van der Waals surface area contributed by atoms with E-state index in [1.54, 1.807) is 17.5 Å². The number of aromatic nitrogens is 2. The van der Waals surface area contributed by atoms with Crippen molar-refractivity contribution in [2.24, 2.45) is 10.9 Å². The Labute approximate surface area is 115 Å². The van der Waals surface area contributed by atoms with Gasteiger partial charge in [-0.2, -0.15) is 0 Å². The lowest BCUT2D eigenvalue weighted by atomic mass is 10.2. The largest absolute Gasteiger partial charge is 0.409 e. The summed E-state index contributed by atoms with van der Waals surface area (Å²) < 4.78 is 0. The van der Waals surface area contributed by atoms with Crippen LogP contribution in [0.25, 0.3) is 0 Å².